The summed E-state index contributed by atoms with van der Waals surface area (Å²) in [7, 11) is 0. The molecule has 0 aliphatic rings. The first-order chi connectivity index (χ1) is 8.81. The fourth-order valence-corrected chi connectivity index (χ4v) is 1.92. The van der Waals surface area contributed by atoms with E-state index in [1.165, 1.54) is 6.07 Å². The van der Waals surface area contributed by atoms with Crippen molar-refractivity contribution in [2.75, 3.05) is 18.0 Å². The lowest BCUT2D eigenvalue weighted by Crippen LogP contribution is -2.36. The molecule has 0 saturated carbocycles. The number of anilines is 1. The van der Waals surface area contributed by atoms with Crippen LogP contribution in [0.2, 0.25) is 0 Å². The number of benzene rings is 1. The predicted molar refractivity (Wildman–Crippen MR) is 73.3 cm³/mol. The van der Waals surface area contributed by atoms with Crippen molar-refractivity contribution in [3.63, 3.8) is 0 Å². The van der Waals surface area contributed by atoms with Gasteiger partial charge >= 0.3 is 0 Å². The van der Waals surface area contributed by atoms with E-state index in [1.807, 2.05) is 13.8 Å². The number of halogens is 1. The van der Waals surface area contributed by atoms with E-state index in [2.05, 4.69) is 0 Å². The van der Waals surface area contributed by atoms with Gasteiger partial charge in [0.25, 0.3) is 0 Å². The van der Waals surface area contributed by atoms with Crippen LogP contribution in [0.3, 0.4) is 0 Å². The van der Waals surface area contributed by atoms with Crippen LogP contribution >= 0.6 is 0 Å². The molecule has 0 radical (unpaired) electrons. The average molecular weight is 268 g/mol. The maximum Gasteiger partial charge on any atom is 0.236 e. The topological polar surface area (TPSA) is 66.6 Å². The molecule has 0 saturated heterocycles. The van der Waals surface area contributed by atoms with E-state index < -0.39 is 17.8 Å². The Morgan fingerprint density at radius 1 is 1.42 bits per heavy atom. The lowest BCUT2D eigenvalue weighted by Gasteiger charge is -2.26. The highest BCUT2D eigenvalue weighted by atomic mass is 19.1. The Labute approximate surface area is 113 Å². The van der Waals surface area contributed by atoms with Gasteiger partial charge in [0.15, 0.2) is 0 Å². The lowest BCUT2D eigenvalue weighted by molar-refractivity contribution is -0.116. The average Bonchev–Trinajstić information content (AvgIpc) is 2.26. The molecule has 0 fully saturated rings. The molecule has 0 aliphatic heterocycles. The van der Waals surface area contributed by atoms with E-state index in [0.717, 1.165) is 0 Å². The molecule has 5 heteroatoms. The first-order valence-electron chi connectivity index (χ1n) is 6.32. The van der Waals surface area contributed by atoms with Gasteiger partial charge in [0.1, 0.15) is 5.82 Å². The molecule has 4 nitrogen and oxygen atoms in total. The van der Waals surface area contributed by atoms with E-state index in [0.29, 0.717) is 17.8 Å². The SMILES string of the molecule is CC(C)CN(CC(N)=O)c1ccc([C@H](C)O)cc1F. The van der Waals surface area contributed by atoms with E-state index in [4.69, 9.17) is 5.73 Å². The number of aliphatic hydroxyl groups excluding tert-OH is 1. The van der Waals surface area contributed by atoms with Crippen molar-refractivity contribution in [2.45, 2.75) is 26.9 Å². The summed E-state index contributed by atoms with van der Waals surface area (Å²) in [6.45, 7) is 6.05. The number of carbonyl (C=O) groups is 1. The minimum Gasteiger partial charge on any atom is -0.389 e. The minimum atomic E-state index is -0.724. The molecular formula is C14H21FN2O2. The molecule has 1 atom stereocenters. The molecule has 1 aromatic carbocycles. The van der Waals surface area contributed by atoms with Gasteiger partial charge in [-0.05, 0) is 30.5 Å². The molecular weight excluding hydrogens is 247 g/mol. The van der Waals surface area contributed by atoms with Crippen LogP contribution in [-0.4, -0.2) is 24.1 Å². The molecule has 3 N–H and O–H groups in total. The van der Waals surface area contributed by atoms with Gasteiger partial charge in [-0.1, -0.05) is 19.9 Å². The summed E-state index contributed by atoms with van der Waals surface area (Å²) in [5.74, 6) is -0.685. The maximum absolute atomic E-state index is 14.1. The zero-order chi connectivity index (χ0) is 14.6. The number of carbonyl (C=O) groups excluding carboxylic acids is 1. The molecule has 0 heterocycles. The Balaban J connectivity index is 3.04. The van der Waals surface area contributed by atoms with Gasteiger partial charge in [-0.25, -0.2) is 4.39 Å². The predicted octanol–water partition coefficient (Wildman–Crippen LogP) is 1.83. The van der Waals surface area contributed by atoms with Crippen molar-refractivity contribution in [1.82, 2.24) is 0 Å². The van der Waals surface area contributed by atoms with Crippen LogP contribution in [0.25, 0.3) is 0 Å². The number of nitrogens with two attached hydrogens (primary N) is 1. The van der Waals surface area contributed by atoms with Gasteiger partial charge in [0.05, 0.1) is 18.3 Å². The molecule has 1 rings (SSSR count). The maximum atomic E-state index is 14.1. The molecule has 0 bridgehead atoms. The monoisotopic (exact) mass is 268 g/mol. The number of rotatable bonds is 6. The van der Waals surface area contributed by atoms with E-state index in [-0.39, 0.29) is 12.5 Å². The van der Waals surface area contributed by atoms with E-state index in [9.17, 15) is 14.3 Å². The summed E-state index contributed by atoms with van der Waals surface area (Å²) in [5, 5.41) is 9.41. The van der Waals surface area contributed by atoms with Gasteiger partial charge in [-0.2, -0.15) is 0 Å². The van der Waals surface area contributed by atoms with Crippen molar-refractivity contribution >= 4 is 11.6 Å². The second-order valence-electron chi connectivity index (χ2n) is 5.13. The molecule has 19 heavy (non-hydrogen) atoms. The minimum absolute atomic E-state index is 0.0247. The van der Waals surface area contributed by atoms with Crippen molar-refractivity contribution in [3.05, 3.63) is 29.6 Å². The van der Waals surface area contributed by atoms with Crippen LogP contribution in [0.1, 0.15) is 32.4 Å². The van der Waals surface area contributed by atoms with Crippen LogP contribution in [0, 0.1) is 11.7 Å². The third kappa shape index (κ3) is 4.52. The van der Waals surface area contributed by atoms with Crippen LogP contribution in [0.4, 0.5) is 10.1 Å². The summed E-state index contributed by atoms with van der Waals surface area (Å²) in [6, 6.07) is 4.51. The number of hydrogen-bond acceptors (Lipinski definition) is 3. The summed E-state index contributed by atoms with van der Waals surface area (Å²) in [5.41, 5.74) is 6.03. The van der Waals surface area contributed by atoms with Gasteiger partial charge in [-0.3, -0.25) is 4.79 Å². The number of hydrogen-bond donors (Lipinski definition) is 2. The number of nitrogens with zero attached hydrogens (tertiary/aromatic N) is 1. The number of amides is 1. The summed E-state index contributed by atoms with van der Waals surface area (Å²) in [4.78, 5) is 12.7. The van der Waals surface area contributed by atoms with E-state index >= 15 is 0 Å². The molecule has 0 aromatic heterocycles. The van der Waals surface area contributed by atoms with Crippen molar-refractivity contribution in [2.24, 2.45) is 11.7 Å². The zero-order valence-corrected chi connectivity index (χ0v) is 11.6. The van der Waals surface area contributed by atoms with Crippen molar-refractivity contribution < 1.29 is 14.3 Å². The molecule has 106 valence electrons. The van der Waals surface area contributed by atoms with Crippen molar-refractivity contribution in [3.8, 4) is 0 Å². The highest BCUT2D eigenvalue weighted by Gasteiger charge is 2.16. The first kappa shape index (κ1) is 15.4. The molecule has 0 aliphatic carbocycles. The largest absolute Gasteiger partial charge is 0.389 e. The van der Waals surface area contributed by atoms with Crippen LogP contribution < -0.4 is 10.6 Å². The van der Waals surface area contributed by atoms with Crippen LogP contribution in [0.15, 0.2) is 18.2 Å². The Morgan fingerprint density at radius 2 is 2.05 bits per heavy atom. The van der Waals surface area contributed by atoms with E-state index in [1.54, 1.807) is 24.0 Å². The van der Waals surface area contributed by atoms with Crippen LogP contribution in [-0.2, 0) is 4.79 Å². The number of primary amides is 1. The fraction of sp³-hybridized carbons (Fsp3) is 0.500. The second-order valence-corrected chi connectivity index (χ2v) is 5.13. The smallest absolute Gasteiger partial charge is 0.236 e. The van der Waals surface area contributed by atoms with Gasteiger partial charge in [-0.15, -0.1) is 0 Å². The lowest BCUT2D eigenvalue weighted by atomic mass is 10.1. The molecule has 0 unspecified atom stereocenters. The van der Waals surface area contributed by atoms with Gasteiger partial charge < -0.3 is 15.7 Å². The normalized spacial score (nSPS) is 12.5. The third-order valence-corrected chi connectivity index (χ3v) is 2.73. The highest BCUT2D eigenvalue weighted by Crippen LogP contribution is 2.24. The second kappa shape index (κ2) is 6.52. The Hall–Kier alpha value is -1.62. The zero-order valence-electron chi connectivity index (χ0n) is 11.6. The summed E-state index contributed by atoms with van der Waals surface area (Å²) >= 11 is 0. The van der Waals surface area contributed by atoms with Gasteiger partial charge in [0.2, 0.25) is 5.91 Å². The Kier molecular flexibility index (Phi) is 5.30. The molecule has 1 aromatic rings. The standard InChI is InChI=1S/C14H21FN2O2/c1-9(2)7-17(8-14(16)19)13-5-4-11(10(3)18)6-12(13)15/h4-6,9-10,18H,7-8H2,1-3H3,(H2,16,19)/t10-/m0/s1. The molecule has 0 spiro atoms. The quantitative estimate of drug-likeness (QED) is 0.827. The third-order valence-electron chi connectivity index (χ3n) is 2.73. The Bertz CT molecular complexity index is 447. The van der Waals surface area contributed by atoms with Gasteiger partial charge in [0, 0.05) is 6.54 Å². The number of aliphatic hydroxyl groups is 1. The fourth-order valence-electron chi connectivity index (χ4n) is 1.92. The summed E-state index contributed by atoms with van der Waals surface area (Å²) < 4.78 is 14.1. The Morgan fingerprint density at radius 3 is 2.47 bits per heavy atom. The van der Waals surface area contributed by atoms with Crippen LogP contribution in [0.5, 0.6) is 0 Å². The molecule has 1 amide bonds. The highest BCUT2D eigenvalue weighted by molar-refractivity contribution is 5.79. The first-order valence-corrected chi connectivity index (χ1v) is 6.32. The van der Waals surface area contributed by atoms with Crippen molar-refractivity contribution in [1.29, 1.82) is 0 Å². The summed E-state index contributed by atoms with van der Waals surface area (Å²) in [6.07, 6.45) is -0.724.